The molecule has 12 N–H and O–H groups in total. The molecule has 4 saturated heterocycles. The van der Waals surface area contributed by atoms with E-state index < -0.39 is 153 Å². The average Bonchev–Trinajstić information content (AvgIpc) is 3.84. The molecule has 4 heterocycles. The third-order valence-corrected chi connectivity index (χ3v) is 20.5. The molecule has 0 radical (unpaired) electrons. The molecule has 0 aromatic rings. The first-order chi connectivity index (χ1) is 32.8. The number of fused-ring (bicyclic) bond motifs is 4. The van der Waals surface area contributed by atoms with Crippen LogP contribution >= 0.6 is 0 Å². The van der Waals surface area contributed by atoms with Crippen molar-refractivity contribution in [3.8, 4) is 0 Å². The summed E-state index contributed by atoms with van der Waals surface area (Å²) in [6, 6.07) is 0. The zero-order chi connectivity index (χ0) is 51.1. The Morgan fingerprint density at radius 2 is 1.17 bits per heavy atom. The van der Waals surface area contributed by atoms with E-state index in [0.717, 1.165) is 38.5 Å². The van der Waals surface area contributed by atoms with Crippen LogP contribution in [-0.4, -0.2) is 216 Å². The lowest BCUT2D eigenvalue weighted by Crippen LogP contribution is -2.65. The van der Waals surface area contributed by atoms with E-state index in [1.165, 1.54) is 6.92 Å². The summed E-state index contributed by atoms with van der Waals surface area (Å²) in [5, 5.41) is 126. The molecular weight excluding hydrogens is 925 g/mol. The number of aliphatic hydroxyl groups excluding tert-OH is 11. The smallest absolute Gasteiger partial charge is 0.187 e. The van der Waals surface area contributed by atoms with Gasteiger partial charge < -0.3 is 99.2 Å². The van der Waals surface area contributed by atoms with Gasteiger partial charge in [0.1, 0.15) is 78.8 Å². The van der Waals surface area contributed by atoms with Crippen molar-refractivity contribution in [3.05, 3.63) is 0 Å². The van der Waals surface area contributed by atoms with E-state index in [0.29, 0.717) is 18.8 Å². The van der Waals surface area contributed by atoms with Gasteiger partial charge >= 0.3 is 0 Å². The summed E-state index contributed by atoms with van der Waals surface area (Å²) in [7, 11) is 1.67. The summed E-state index contributed by atoms with van der Waals surface area (Å²) in [6.45, 7) is 10.0. The minimum atomic E-state index is -2.04. The first kappa shape index (κ1) is 53.7. The van der Waals surface area contributed by atoms with Crippen molar-refractivity contribution < 1.29 is 104 Å². The van der Waals surface area contributed by atoms with Crippen molar-refractivity contribution in [3.63, 3.8) is 0 Å². The number of aliphatic hydroxyl groups is 12. The molecule has 2 spiro atoms. The number of hydrogen-bond donors (Lipinski definition) is 12. The molecule has 1 unspecified atom stereocenters. The van der Waals surface area contributed by atoms with Crippen molar-refractivity contribution >= 4 is 5.78 Å². The molecule has 9 rings (SSSR count). The van der Waals surface area contributed by atoms with Crippen LogP contribution in [0.2, 0.25) is 0 Å². The number of methoxy groups -OCH3 is 1. The second-order valence-corrected chi connectivity index (χ2v) is 24.1. The molecule has 0 aromatic carbocycles. The number of Topliss-reactive ketones (excluding diaryl/α,β-unsaturated/α-hetero) is 1. The highest BCUT2D eigenvalue weighted by Crippen LogP contribution is 2.90. The zero-order valence-corrected chi connectivity index (χ0v) is 41.4. The predicted octanol–water partition coefficient (Wildman–Crippen LogP) is -2.05. The Morgan fingerprint density at radius 1 is 0.629 bits per heavy atom. The van der Waals surface area contributed by atoms with Gasteiger partial charge in [-0.3, -0.25) is 4.79 Å². The van der Waals surface area contributed by atoms with Gasteiger partial charge in [-0.15, -0.1) is 0 Å². The molecule has 0 aromatic heterocycles. The lowest BCUT2D eigenvalue weighted by molar-refractivity contribution is -0.377. The Balaban J connectivity index is 0.884. The molecule has 21 heteroatoms. The van der Waals surface area contributed by atoms with Gasteiger partial charge in [0.2, 0.25) is 0 Å². The van der Waals surface area contributed by atoms with E-state index in [2.05, 4.69) is 34.6 Å². The fourth-order valence-corrected chi connectivity index (χ4v) is 16.6. The van der Waals surface area contributed by atoms with E-state index in [1.54, 1.807) is 7.11 Å². The zero-order valence-electron chi connectivity index (χ0n) is 41.4. The first-order valence-electron chi connectivity index (χ1n) is 25.4. The number of ketones is 1. The molecule has 5 saturated carbocycles. The number of rotatable bonds is 14. The quantitative estimate of drug-likeness (QED) is 0.0834. The SMILES string of the molecule is CO[C@]12C[C@@]3(C)[C@@H]4CC[C@H]5C(C)(C)[C@@H](O[C@@H]6O[C@H](CO)[C@@H](O)[C@H](O)[C@H]6O[C@@H]6O[C@H](CO)[C@@H](O)[C@H](O)[C@H]6O)CC[C@@]56C[C@@]46CC[C@]3(C)[C@H]1[C@H](C)[C@H](CC(=O)C(C)(O)CO[C@@H]1O[C@H](CO)[C@@H](O)[C@H](O)[C@H]1O)O2. The topological polar surface area (TPSA) is 334 Å². The largest absolute Gasteiger partial charge is 0.394 e. The van der Waals surface area contributed by atoms with E-state index >= 15 is 0 Å². The Hall–Kier alpha value is -1.13. The molecule has 0 amide bonds. The summed E-state index contributed by atoms with van der Waals surface area (Å²) in [5.74, 6) is -1.16. The van der Waals surface area contributed by atoms with Crippen LogP contribution in [0.5, 0.6) is 0 Å². The highest BCUT2D eigenvalue weighted by atomic mass is 16.8. The fraction of sp³-hybridized carbons (Fsp3) is 0.980. The van der Waals surface area contributed by atoms with Crippen LogP contribution in [0.25, 0.3) is 0 Å². The highest BCUT2D eigenvalue weighted by molar-refractivity contribution is 5.87. The first-order valence-corrected chi connectivity index (χ1v) is 25.4. The van der Waals surface area contributed by atoms with Crippen LogP contribution in [0.15, 0.2) is 0 Å². The molecule has 0 bridgehead atoms. The van der Waals surface area contributed by atoms with Crippen LogP contribution in [0.3, 0.4) is 0 Å². The minimum Gasteiger partial charge on any atom is -0.394 e. The maximum Gasteiger partial charge on any atom is 0.187 e. The van der Waals surface area contributed by atoms with Crippen LogP contribution in [-0.2, 0) is 42.7 Å². The molecular formula is C49H80O21. The number of carbonyl (C=O) groups is 1. The maximum atomic E-state index is 13.9. The summed E-state index contributed by atoms with van der Waals surface area (Å²) in [4.78, 5) is 13.9. The molecule has 5 aliphatic carbocycles. The molecule has 70 heavy (non-hydrogen) atoms. The second kappa shape index (κ2) is 18.6. The maximum absolute atomic E-state index is 13.9. The van der Waals surface area contributed by atoms with Gasteiger partial charge in [-0.1, -0.05) is 34.6 Å². The van der Waals surface area contributed by atoms with E-state index in [1.807, 2.05) is 0 Å². The summed E-state index contributed by atoms with van der Waals surface area (Å²) < 4.78 is 48.9. The van der Waals surface area contributed by atoms with Gasteiger partial charge in [0.15, 0.2) is 30.4 Å². The predicted molar refractivity (Wildman–Crippen MR) is 237 cm³/mol. The Labute approximate surface area is 408 Å². The van der Waals surface area contributed by atoms with Gasteiger partial charge in [0.25, 0.3) is 0 Å². The Bertz CT molecular complexity index is 1910. The fourth-order valence-electron chi connectivity index (χ4n) is 16.6. The van der Waals surface area contributed by atoms with E-state index in [9.17, 15) is 66.1 Å². The summed E-state index contributed by atoms with van der Waals surface area (Å²) >= 11 is 0. The van der Waals surface area contributed by atoms with Crippen LogP contribution in [0.4, 0.5) is 0 Å². The molecule has 27 atom stereocenters. The Kier molecular flexibility index (Phi) is 14.2. The molecule has 402 valence electrons. The molecule has 21 nitrogen and oxygen atoms in total. The van der Waals surface area contributed by atoms with Crippen molar-refractivity contribution in [2.75, 3.05) is 33.5 Å². The van der Waals surface area contributed by atoms with Crippen LogP contribution < -0.4 is 0 Å². The minimum absolute atomic E-state index is 0.0230. The molecule has 4 aliphatic heterocycles. The second-order valence-electron chi connectivity index (χ2n) is 24.1. The van der Waals surface area contributed by atoms with Gasteiger partial charge in [0, 0.05) is 25.9 Å². The van der Waals surface area contributed by atoms with Gasteiger partial charge in [-0.25, -0.2) is 0 Å². The normalized spacial score (nSPS) is 55.6. The van der Waals surface area contributed by atoms with Crippen LogP contribution in [0.1, 0.15) is 99.3 Å². The number of hydrogen-bond acceptors (Lipinski definition) is 21. The van der Waals surface area contributed by atoms with Gasteiger partial charge in [0.05, 0.1) is 38.6 Å². The standard InChI is InChI=1S/C49H80O21/c1-21-22(14-28(53)46(6,62)20-64-40-36(60)33(57)30(54)23(15-50)65-40)70-49(63-7)18-45(5)27-9-8-26-43(2,3)29(10-11-47(26)19-48(27,47)13-12-44(45,4)39(21)49)68-42-38(35(59)32(56)25(17-52)67-42)69-41-37(61)34(58)31(55)24(16-51)66-41/h21-27,29-42,50-52,54-62H,8-20H2,1-7H3/t21-,22+,23-,24-,25-,26+,27+,29+,30-,31-,32-,33+,34+,35+,36-,37-,38-,39-,40-,41+,42+,44-,45+,46?,47-,48+,49+/m1/s1. The van der Waals surface area contributed by atoms with Gasteiger partial charge in [-0.2, -0.15) is 0 Å². The summed E-state index contributed by atoms with van der Waals surface area (Å²) in [6.07, 6.45) is -17.2. The third-order valence-electron chi connectivity index (χ3n) is 20.5. The number of carbonyl (C=O) groups excluding carboxylic acids is 1. The summed E-state index contributed by atoms with van der Waals surface area (Å²) in [5.41, 5.74) is -2.83. The Morgan fingerprint density at radius 3 is 1.77 bits per heavy atom. The van der Waals surface area contributed by atoms with E-state index in [4.69, 9.17) is 37.9 Å². The lowest BCUT2D eigenvalue weighted by atomic mass is 9.41. The lowest BCUT2D eigenvalue weighted by Gasteiger charge is -2.63. The van der Waals surface area contributed by atoms with Crippen molar-refractivity contribution in [1.29, 1.82) is 0 Å². The van der Waals surface area contributed by atoms with Crippen LogP contribution in [0, 0.1) is 50.7 Å². The van der Waals surface area contributed by atoms with E-state index in [-0.39, 0.29) is 45.8 Å². The molecule has 9 aliphatic rings. The van der Waals surface area contributed by atoms with Crippen molar-refractivity contribution in [2.24, 2.45) is 50.7 Å². The highest BCUT2D eigenvalue weighted by Gasteiger charge is 2.85. The third kappa shape index (κ3) is 7.80. The number of ether oxygens (including phenoxy) is 8. The van der Waals surface area contributed by atoms with Crippen molar-refractivity contribution in [2.45, 2.75) is 215 Å². The monoisotopic (exact) mass is 1000 g/mol. The van der Waals surface area contributed by atoms with Gasteiger partial charge in [-0.05, 0) is 96.7 Å². The van der Waals surface area contributed by atoms with Crippen molar-refractivity contribution in [1.82, 2.24) is 0 Å². The average molecular weight is 1010 g/mol. The molecule has 9 fully saturated rings.